The van der Waals surface area contributed by atoms with Crippen LogP contribution < -0.4 is 5.32 Å². The Hall–Kier alpha value is -1.64. The largest absolute Gasteiger partial charge is 0.471 e. The SMILES string of the molecule is O=C(Nc1ccc(Br)nc1)C1CCN(C(=O)C(F)(F)F)CC1. The van der Waals surface area contributed by atoms with E-state index in [9.17, 15) is 22.8 Å². The molecule has 0 saturated carbocycles. The summed E-state index contributed by atoms with van der Waals surface area (Å²) in [5.74, 6) is -2.53. The van der Waals surface area contributed by atoms with Gasteiger partial charge in [0.25, 0.3) is 0 Å². The average Bonchev–Trinajstić information content (AvgIpc) is 2.48. The number of carbonyl (C=O) groups excluding carboxylic acids is 2. The van der Waals surface area contributed by atoms with Gasteiger partial charge in [-0.2, -0.15) is 13.2 Å². The molecule has 1 aromatic heterocycles. The molecule has 0 bridgehead atoms. The van der Waals surface area contributed by atoms with Crippen LogP contribution in [0.2, 0.25) is 0 Å². The Morgan fingerprint density at radius 2 is 1.91 bits per heavy atom. The smallest absolute Gasteiger partial charge is 0.335 e. The molecule has 2 rings (SSSR count). The summed E-state index contributed by atoms with van der Waals surface area (Å²) in [6, 6.07) is 3.33. The van der Waals surface area contributed by atoms with Gasteiger partial charge in [-0.05, 0) is 40.9 Å². The van der Waals surface area contributed by atoms with Crippen LogP contribution >= 0.6 is 15.9 Å². The van der Waals surface area contributed by atoms with Crippen molar-refractivity contribution in [2.75, 3.05) is 18.4 Å². The number of nitrogens with one attached hydrogen (secondary N) is 1. The van der Waals surface area contributed by atoms with Crippen molar-refractivity contribution >= 4 is 33.4 Å². The van der Waals surface area contributed by atoms with Gasteiger partial charge < -0.3 is 10.2 Å². The second-order valence-electron chi connectivity index (χ2n) is 4.92. The minimum atomic E-state index is -4.86. The second-order valence-corrected chi connectivity index (χ2v) is 5.74. The zero-order chi connectivity index (χ0) is 16.3. The zero-order valence-electron chi connectivity index (χ0n) is 11.4. The number of aromatic nitrogens is 1. The minimum Gasteiger partial charge on any atom is -0.335 e. The molecule has 1 N–H and O–H groups in total. The molecule has 1 aliphatic heterocycles. The number of amides is 2. The van der Waals surface area contributed by atoms with Gasteiger partial charge in [0, 0.05) is 19.0 Å². The van der Waals surface area contributed by atoms with Crippen LogP contribution in [0.15, 0.2) is 22.9 Å². The Kier molecular flexibility index (Phi) is 5.05. The summed E-state index contributed by atoms with van der Waals surface area (Å²) < 4.78 is 37.6. The predicted octanol–water partition coefficient (Wildman–Crippen LogP) is 2.58. The monoisotopic (exact) mass is 379 g/mol. The molecule has 2 amide bonds. The summed E-state index contributed by atoms with van der Waals surface area (Å²) in [5, 5.41) is 2.67. The number of carbonyl (C=O) groups is 2. The molecule has 0 aliphatic carbocycles. The third-order valence-corrected chi connectivity index (χ3v) is 3.86. The van der Waals surface area contributed by atoms with Gasteiger partial charge >= 0.3 is 12.1 Å². The fourth-order valence-corrected chi connectivity index (χ4v) is 2.45. The molecule has 9 heteroatoms. The summed E-state index contributed by atoms with van der Waals surface area (Å²) in [4.78, 5) is 27.9. The Morgan fingerprint density at radius 1 is 1.27 bits per heavy atom. The molecule has 5 nitrogen and oxygen atoms in total. The summed E-state index contributed by atoms with van der Waals surface area (Å²) in [6.45, 7) is -0.149. The number of anilines is 1. The van der Waals surface area contributed by atoms with Crippen LogP contribution in [0, 0.1) is 5.92 Å². The molecule has 22 heavy (non-hydrogen) atoms. The van der Waals surface area contributed by atoms with E-state index in [2.05, 4.69) is 26.2 Å². The van der Waals surface area contributed by atoms with E-state index in [4.69, 9.17) is 0 Å². The third-order valence-electron chi connectivity index (χ3n) is 3.39. The molecule has 0 unspecified atom stereocenters. The first kappa shape index (κ1) is 16.7. The lowest BCUT2D eigenvalue weighted by Gasteiger charge is -2.31. The highest BCUT2D eigenvalue weighted by Crippen LogP contribution is 2.24. The summed E-state index contributed by atoms with van der Waals surface area (Å²) in [6.07, 6.45) is -2.97. The van der Waals surface area contributed by atoms with Gasteiger partial charge in [0.1, 0.15) is 4.60 Å². The van der Waals surface area contributed by atoms with Gasteiger partial charge in [0.2, 0.25) is 5.91 Å². The highest BCUT2D eigenvalue weighted by molar-refractivity contribution is 9.10. The van der Waals surface area contributed by atoms with E-state index < -0.39 is 18.0 Å². The van der Waals surface area contributed by atoms with E-state index in [1.54, 1.807) is 12.1 Å². The molecule has 120 valence electrons. The number of hydrogen-bond donors (Lipinski definition) is 1. The molecule has 1 fully saturated rings. The first-order valence-corrected chi connectivity index (χ1v) is 7.35. The highest BCUT2D eigenvalue weighted by Gasteiger charge is 2.43. The van der Waals surface area contributed by atoms with E-state index in [-0.39, 0.29) is 31.8 Å². The Bertz CT molecular complexity index is 555. The lowest BCUT2D eigenvalue weighted by Crippen LogP contribution is -2.46. The van der Waals surface area contributed by atoms with E-state index in [0.717, 1.165) is 4.90 Å². The quantitative estimate of drug-likeness (QED) is 0.803. The lowest BCUT2D eigenvalue weighted by molar-refractivity contribution is -0.186. The van der Waals surface area contributed by atoms with Gasteiger partial charge in [0.15, 0.2) is 0 Å². The highest BCUT2D eigenvalue weighted by atomic mass is 79.9. The maximum absolute atomic E-state index is 12.3. The summed E-state index contributed by atoms with van der Waals surface area (Å²) in [7, 11) is 0. The number of alkyl halides is 3. The molecule has 0 spiro atoms. The van der Waals surface area contributed by atoms with Gasteiger partial charge in [0.05, 0.1) is 11.9 Å². The predicted molar refractivity (Wildman–Crippen MR) is 75.9 cm³/mol. The molecule has 1 aromatic rings. The number of rotatable bonds is 2. The number of pyridine rings is 1. The van der Waals surface area contributed by atoms with Crippen molar-refractivity contribution in [3.8, 4) is 0 Å². The first-order valence-electron chi connectivity index (χ1n) is 6.56. The molecule has 2 heterocycles. The number of halogens is 4. The molecular formula is C13H13BrF3N3O2. The van der Waals surface area contributed by atoms with E-state index >= 15 is 0 Å². The second kappa shape index (κ2) is 6.64. The van der Waals surface area contributed by atoms with Crippen LogP contribution in [-0.2, 0) is 9.59 Å². The number of piperidine rings is 1. The Morgan fingerprint density at radius 3 is 2.41 bits per heavy atom. The standard InChI is InChI=1S/C13H13BrF3N3O2/c14-10-2-1-9(7-18-10)19-11(21)8-3-5-20(6-4-8)12(22)13(15,16)17/h1-2,7-8H,3-6H2,(H,19,21). The van der Waals surface area contributed by atoms with Crippen LogP contribution in [0.4, 0.5) is 18.9 Å². The maximum Gasteiger partial charge on any atom is 0.471 e. The molecule has 1 saturated heterocycles. The molecular weight excluding hydrogens is 367 g/mol. The maximum atomic E-state index is 12.3. The number of hydrogen-bond acceptors (Lipinski definition) is 3. The van der Waals surface area contributed by atoms with Crippen molar-refractivity contribution in [2.24, 2.45) is 5.92 Å². The zero-order valence-corrected chi connectivity index (χ0v) is 12.9. The molecule has 0 radical (unpaired) electrons. The Labute approximate surface area is 133 Å². The topological polar surface area (TPSA) is 62.3 Å². The molecule has 0 atom stereocenters. The summed E-state index contributed by atoms with van der Waals surface area (Å²) >= 11 is 3.17. The third kappa shape index (κ3) is 4.19. The fourth-order valence-electron chi connectivity index (χ4n) is 2.22. The van der Waals surface area contributed by atoms with Crippen molar-refractivity contribution in [1.29, 1.82) is 0 Å². The minimum absolute atomic E-state index is 0.0744. The van der Waals surface area contributed by atoms with Crippen LogP contribution in [0.5, 0.6) is 0 Å². The lowest BCUT2D eigenvalue weighted by atomic mass is 9.95. The average molecular weight is 380 g/mol. The number of nitrogens with zero attached hydrogens (tertiary/aromatic N) is 2. The van der Waals surface area contributed by atoms with Gasteiger partial charge in [-0.3, -0.25) is 9.59 Å². The van der Waals surface area contributed by atoms with E-state index in [1.165, 1.54) is 6.20 Å². The van der Waals surface area contributed by atoms with Crippen LogP contribution in [0.1, 0.15) is 12.8 Å². The number of likely N-dealkylation sites (tertiary alicyclic amines) is 1. The van der Waals surface area contributed by atoms with Gasteiger partial charge in [-0.25, -0.2) is 4.98 Å². The first-order chi connectivity index (χ1) is 10.3. The van der Waals surface area contributed by atoms with Crippen LogP contribution in [-0.4, -0.2) is 41.0 Å². The Balaban J connectivity index is 1.87. The van der Waals surface area contributed by atoms with Crippen LogP contribution in [0.25, 0.3) is 0 Å². The molecule has 0 aromatic carbocycles. The van der Waals surface area contributed by atoms with Gasteiger partial charge in [-0.1, -0.05) is 0 Å². The summed E-state index contributed by atoms with van der Waals surface area (Å²) in [5.41, 5.74) is 0.516. The van der Waals surface area contributed by atoms with Crippen molar-refractivity contribution in [1.82, 2.24) is 9.88 Å². The fraction of sp³-hybridized carbons (Fsp3) is 0.462. The van der Waals surface area contributed by atoms with Crippen molar-refractivity contribution < 1.29 is 22.8 Å². The van der Waals surface area contributed by atoms with E-state index in [0.29, 0.717) is 10.3 Å². The molecule has 1 aliphatic rings. The van der Waals surface area contributed by atoms with E-state index in [1.807, 2.05) is 0 Å². The van der Waals surface area contributed by atoms with Gasteiger partial charge in [-0.15, -0.1) is 0 Å². The van der Waals surface area contributed by atoms with Crippen molar-refractivity contribution in [3.63, 3.8) is 0 Å². The van der Waals surface area contributed by atoms with Crippen molar-refractivity contribution in [2.45, 2.75) is 19.0 Å². The van der Waals surface area contributed by atoms with Crippen molar-refractivity contribution in [3.05, 3.63) is 22.9 Å². The normalized spacial score (nSPS) is 16.5. The van der Waals surface area contributed by atoms with Crippen LogP contribution in [0.3, 0.4) is 0 Å².